The molecule has 0 bridgehead atoms. The molecule has 2 heterocycles. The number of nitrogens with zero attached hydrogens (tertiary/aromatic N) is 5. The fourth-order valence-corrected chi connectivity index (χ4v) is 8.34. The van der Waals surface area contributed by atoms with Gasteiger partial charge in [-0.3, -0.25) is 14.4 Å². The van der Waals surface area contributed by atoms with Gasteiger partial charge in [0.25, 0.3) is 5.91 Å². The van der Waals surface area contributed by atoms with E-state index in [2.05, 4.69) is 49.7 Å². The maximum atomic E-state index is 13.5. The summed E-state index contributed by atoms with van der Waals surface area (Å²) in [5.74, 6) is -0.506. The predicted molar refractivity (Wildman–Crippen MR) is 270 cm³/mol. The molecular weight excluding hydrogens is 813 g/mol. The molecule has 13 heteroatoms. The molecular formula is C52H88N10O3. The topological polar surface area (TPSA) is 194 Å². The number of nitrogens with two attached hydrogens (primary N) is 2. The molecule has 7 N–H and O–H groups in total. The van der Waals surface area contributed by atoms with E-state index in [0.717, 1.165) is 37.8 Å². The van der Waals surface area contributed by atoms with Gasteiger partial charge in [0.1, 0.15) is 6.04 Å². The number of hydrogen-bond donors (Lipinski definition) is 5. The number of nitrogens with one attached hydrogen (secondary N) is 3. The summed E-state index contributed by atoms with van der Waals surface area (Å²) in [5, 5.41) is 9.02. The molecule has 0 aliphatic heterocycles. The van der Waals surface area contributed by atoms with Gasteiger partial charge in [0.2, 0.25) is 17.8 Å². The minimum Gasteiger partial charge on any atom is -0.382 e. The van der Waals surface area contributed by atoms with Gasteiger partial charge < -0.3 is 32.3 Å². The highest BCUT2D eigenvalue weighted by molar-refractivity contribution is 5.98. The van der Waals surface area contributed by atoms with Crippen LogP contribution in [0.2, 0.25) is 0 Å². The molecule has 0 saturated heterocycles. The summed E-state index contributed by atoms with van der Waals surface area (Å²) in [5.41, 5.74) is 14.4. The summed E-state index contributed by atoms with van der Waals surface area (Å²) in [7, 11) is 1.91. The van der Waals surface area contributed by atoms with Crippen LogP contribution in [0.15, 0.2) is 30.5 Å². The van der Waals surface area contributed by atoms with Crippen LogP contribution in [0.3, 0.4) is 0 Å². The normalized spacial score (nSPS) is 11.7. The summed E-state index contributed by atoms with van der Waals surface area (Å²) in [4.78, 5) is 58.9. The third kappa shape index (κ3) is 24.5. The third-order valence-electron chi connectivity index (χ3n) is 12.4. The first-order valence-electron chi connectivity index (χ1n) is 25.9. The Morgan fingerprint density at radius 3 is 1.55 bits per heavy atom. The lowest BCUT2D eigenvalue weighted by molar-refractivity contribution is -0.124. The Balaban J connectivity index is 1.41. The number of rotatable bonds is 39. The van der Waals surface area contributed by atoms with Gasteiger partial charge in [-0.25, -0.2) is 9.97 Å². The van der Waals surface area contributed by atoms with Crippen LogP contribution in [0.1, 0.15) is 223 Å². The highest BCUT2D eigenvalue weighted by atomic mass is 16.2. The van der Waals surface area contributed by atoms with E-state index in [1.165, 1.54) is 148 Å². The quantitative estimate of drug-likeness (QED) is 0.0344. The smallest absolute Gasteiger partial charge is 0.251 e. The molecule has 0 spiro atoms. The molecule has 3 rings (SSSR count). The van der Waals surface area contributed by atoms with Crippen molar-refractivity contribution in [1.82, 2.24) is 35.9 Å². The zero-order chi connectivity index (χ0) is 46.7. The van der Waals surface area contributed by atoms with Gasteiger partial charge in [0.05, 0.1) is 18.4 Å². The van der Waals surface area contributed by atoms with Crippen molar-refractivity contribution in [2.24, 2.45) is 0 Å². The zero-order valence-corrected chi connectivity index (χ0v) is 40.9. The molecule has 1 atom stereocenters. The number of nitrogen functional groups attached to an aromatic ring is 2. The van der Waals surface area contributed by atoms with Crippen LogP contribution < -0.4 is 32.3 Å². The maximum Gasteiger partial charge on any atom is 0.251 e. The number of carbonyl (C=O) groups is 3. The molecule has 0 radical (unpaired) electrons. The van der Waals surface area contributed by atoms with Crippen molar-refractivity contribution in [1.29, 1.82) is 0 Å². The zero-order valence-electron chi connectivity index (χ0n) is 40.9. The second kappa shape index (κ2) is 34.8. The molecule has 3 amide bonds. The van der Waals surface area contributed by atoms with Gasteiger partial charge in [-0.2, -0.15) is 9.97 Å². The molecule has 0 unspecified atom stereocenters. The van der Waals surface area contributed by atoms with Gasteiger partial charge >= 0.3 is 0 Å². The maximum absolute atomic E-state index is 13.5. The number of unbranched alkanes of at least 4 members (excludes halogenated alkanes) is 26. The van der Waals surface area contributed by atoms with E-state index < -0.39 is 6.04 Å². The number of anilines is 3. The minimum atomic E-state index is -0.832. The van der Waals surface area contributed by atoms with Crippen LogP contribution in [0.4, 0.5) is 17.5 Å². The van der Waals surface area contributed by atoms with Gasteiger partial charge in [0, 0.05) is 37.8 Å². The fourth-order valence-electron chi connectivity index (χ4n) is 8.34. The highest BCUT2D eigenvalue weighted by Crippen LogP contribution is 2.20. The van der Waals surface area contributed by atoms with Crippen molar-refractivity contribution in [3.05, 3.63) is 41.7 Å². The number of aromatic nitrogens is 4. The first-order chi connectivity index (χ1) is 31.7. The second-order valence-corrected chi connectivity index (χ2v) is 18.3. The van der Waals surface area contributed by atoms with E-state index in [-0.39, 0.29) is 42.3 Å². The van der Waals surface area contributed by atoms with Crippen LogP contribution in [0.25, 0.3) is 11.2 Å². The minimum absolute atomic E-state index is 0.0431. The number of amides is 3. The molecule has 0 fully saturated rings. The van der Waals surface area contributed by atoms with Crippen molar-refractivity contribution in [2.45, 2.75) is 219 Å². The molecule has 0 aliphatic rings. The lowest BCUT2D eigenvalue weighted by atomic mass is 10.0. The van der Waals surface area contributed by atoms with Crippen LogP contribution in [-0.4, -0.2) is 63.8 Å². The Morgan fingerprint density at radius 1 is 0.600 bits per heavy atom. The lowest BCUT2D eigenvalue weighted by Gasteiger charge is -2.20. The summed E-state index contributed by atoms with van der Waals surface area (Å²) in [6.45, 7) is 6.13. The van der Waals surface area contributed by atoms with E-state index in [0.29, 0.717) is 42.1 Å². The van der Waals surface area contributed by atoms with Crippen LogP contribution in [-0.2, 0) is 16.1 Å². The third-order valence-corrected chi connectivity index (χ3v) is 12.4. The van der Waals surface area contributed by atoms with Crippen molar-refractivity contribution in [3.8, 4) is 0 Å². The van der Waals surface area contributed by atoms with E-state index in [1.54, 1.807) is 18.3 Å². The largest absolute Gasteiger partial charge is 0.382 e. The van der Waals surface area contributed by atoms with Gasteiger partial charge in [-0.15, -0.1) is 0 Å². The van der Waals surface area contributed by atoms with E-state index in [9.17, 15) is 14.4 Å². The van der Waals surface area contributed by atoms with E-state index in [1.807, 2.05) is 24.1 Å². The first-order valence-corrected chi connectivity index (χ1v) is 25.9. The molecule has 0 saturated carbocycles. The fraction of sp³-hybridized carbons (Fsp3) is 0.712. The van der Waals surface area contributed by atoms with Crippen molar-refractivity contribution in [3.63, 3.8) is 0 Å². The molecule has 65 heavy (non-hydrogen) atoms. The number of fused-ring (bicyclic) bond motifs is 1. The predicted octanol–water partition coefficient (Wildman–Crippen LogP) is 11.3. The van der Waals surface area contributed by atoms with Gasteiger partial charge in [-0.05, 0) is 43.5 Å². The lowest BCUT2D eigenvalue weighted by Crippen LogP contribution is -2.47. The van der Waals surface area contributed by atoms with Gasteiger partial charge in [-0.1, -0.05) is 181 Å². The Morgan fingerprint density at radius 2 is 1.06 bits per heavy atom. The summed E-state index contributed by atoms with van der Waals surface area (Å²) >= 11 is 0. The Hall–Kier alpha value is -4.55. The standard InChI is InChI=1S/C52H88N10O3/c1-4-6-8-10-12-14-16-18-20-22-24-26-28-30-38-55-46(63)37-36-45(51(65)56-39-31-29-27-25-23-21-19-17-15-13-11-9-7-5-2)59-50(64)42-32-34-44(35-33-42)62(3)41-43-40-57-49-47(58-43)48(53)60-52(54)61-49/h32-35,40,45H,4-31,36-39,41H2,1-3H3,(H,55,63)(H,56,65)(H,59,64)(H4,53,54,57,60,61)/t45-/m0/s1. The SMILES string of the molecule is CCCCCCCCCCCCCCCCNC(=O)CC[C@H](NC(=O)c1ccc(N(C)Cc2cnc3nc(N)nc(N)c3n2)cc1)C(=O)NCCCCCCCCCCCCCCCC. The first kappa shape index (κ1) is 54.8. The summed E-state index contributed by atoms with van der Waals surface area (Å²) in [6.07, 6.45) is 37.8. The van der Waals surface area contributed by atoms with E-state index >= 15 is 0 Å². The van der Waals surface area contributed by atoms with Crippen LogP contribution >= 0.6 is 0 Å². The molecule has 3 aromatic rings. The van der Waals surface area contributed by atoms with Crippen molar-refractivity contribution >= 4 is 46.3 Å². The number of hydrogen-bond acceptors (Lipinski definition) is 10. The molecule has 13 nitrogen and oxygen atoms in total. The average Bonchev–Trinajstić information content (AvgIpc) is 3.30. The second-order valence-electron chi connectivity index (χ2n) is 18.3. The van der Waals surface area contributed by atoms with Crippen molar-refractivity contribution in [2.75, 3.05) is 36.5 Å². The van der Waals surface area contributed by atoms with Gasteiger partial charge in [0.15, 0.2) is 17.0 Å². The summed E-state index contributed by atoms with van der Waals surface area (Å²) < 4.78 is 0. The molecule has 2 aromatic heterocycles. The molecule has 1 aromatic carbocycles. The summed E-state index contributed by atoms with van der Waals surface area (Å²) in [6, 6.07) is 6.32. The van der Waals surface area contributed by atoms with Crippen LogP contribution in [0.5, 0.6) is 0 Å². The average molecular weight is 901 g/mol. The Bertz CT molecular complexity index is 1740. The number of carbonyl (C=O) groups excluding carboxylic acids is 3. The Labute approximate surface area is 392 Å². The highest BCUT2D eigenvalue weighted by Gasteiger charge is 2.22. The van der Waals surface area contributed by atoms with Crippen molar-refractivity contribution < 1.29 is 14.4 Å². The molecule has 364 valence electrons. The monoisotopic (exact) mass is 901 g/mol. The van der Waals surface area contributed by atoms with Crippen LogP contribution in [0, 0.1) is 0 Å². The number of benzene rings is 1. The molecule has 0 aliphatic carbocycles. The van der Waals surface area contributed by atoms with E-state index in [4.69, 9.17) is 11.5 Å². The Kier molecular flexibility index (Phi) is 29.3.